The summed E-state index contributed by atoms with van der Waals surface area (Å²) >= 11 is -5.49. The molecule has 0 spiro atoms. The summed E-state index contributed by atoms with van der Waals surface area (Å²) in [6.45, 7) is 7.00. The first-order valence-electron chi connectivity index (χ1n) is 19.1. The van der Waals surface area contributed by atoms with Crippen molar-refractivity contribution in [3.63, 3.8) is 0 Å². The van der Waals surface area contributed by atoms with Crippen LogP contribution in [0.15, 0.2) is 131 Å². The molecule has 2 aliphatic rings. The van der Waals surface area contributed by atoms with Crippen LogP contribution in [0.4, 0.5) is 28.9 Å². The van der Waals surface area contributed by atoms with E-state index in [2.05, 4.69) is 0 Å². The molecule has 300 valence electrons. The second-order valence-corrected chi connectivity index (χ2v) is 24.5. The number of anilines is 2. The average molecular weight is 855 g/mol. The minimum atomic E-state index is -5.49. The van der Waals surface area contributed by atoms with Crippen molar-refractivity contribution in [1.29, 1.82) is 0 Å². The van der Waals surface area contributed by atoms with E-state index in [4.69, 9.17) is 0 Å². The van der Waals surface area contributed by atoms with Crippen LogP contribution in [-0.2, 0) is 36.6 Å². The van der Waals surface area contributed by atoms with Crippen molar-refractivity contribution in [2.24, 2.45) is 0 Å². The van der Waals surface area contributed by atoms with Crippen molar-refractivity contribution in [3.8, 4) is 0 Å². The first-order valence-corrected chi connectivity index (χ1v) is 25.3. The van der Waals surface area contributed by atoms with E-state index in [-0.39, 0.29) is 22.9 Å². The summed E-state index contributed by atoms with van der Waals surface area (Å²) in [5, 5.41) is 0. The third-order valence-electron chi connectivity index (χ3n) is 10.7. The first kappa shape index (κ1) is 42.4. The Morgan fingerprint density at radius 3 is 1.18 bits per heavy atom. The SMILES string of the molecule is CCCCN(c1ccc(F)[c]([Ti]([c]2c(F)ccc(N(CCCC)S(=O)(=O)c3ccc(C)cc3)c2F)([CH]2C=CC=C2)[CH]2C=CC=C2)c1F)S(=O)(=O)c1ccc(C)cc1. The number of benzene rings is 4. The van der Waals surface area contributed by atoms with Gasteiger partial charge in [0.15, 0.2) is 0 Å². The predicted molar refractivity (Wildman–Crippen MR) is 217 cm³/mol. The molecule has 0 saturated carbocycles. The standard InChI is InChI=1S/2C17H18F2NO2S.2C5H5.Ti/c2*1-3-4-11-20(17-10-7-14(18)12-16(17)19)23(21,22)15-8-5-13(2)6-9-15;2*1-2-4-5-3-1;/h2*5-10H,3-4,11H2,1-2H3;2*1-5H;. The molecule has 57 heavy (non-hydrogen) atoms. The summed E-state index contributed by atoms with van der Waals surface area (Å²) in [5.41, 5.74) is 0.721. The van der Waals surface area contributed by atoms with Crippen LogP contribution in [0, 0.1) is 37.1 Å². The zero-order chi connectivity index (χ0) is 41.1. The molecule has 0 aromatic heterocycles. The van der Waals surface area contributed by atoms with Gasteiger partial charge in [0.1, 0.15) is 0 Å². The van der Waals surface area contributed by atoms with Gasteiger partial charge in [-0.2, -0.15) is 0 Å². The normalized spacial score (nSPS) is 14.6. The summed E-state index contributed by atoms with van der Waals surface area (Å²) in [5.74, 6) is -4.63. The molecule has 0 atom stereocenters. The Morgan fingerprint density at radius 1 is 0.526 bits per heavy atom. The van der Waals surface area contributed by atoms with Crippen LogP contribution in [0.25, 0.3) is 0 Å². The number of nitrogens with zero attached hydrogens (tertiary/aromatic N) is 2. The zero-order valence-electron chi connectivity index (χ0n) is 32.3. The number of rotatable bonds is 16. The van der Waals surface area contributed by atoms with Gasteiger partial charge in [0.05, 0.1) is 0 Å². The molecule has 13 heteroatoms. The Balaban J connectivity index is 1.68. The van der Waals surface area contributed by atoms with Gasteiger partial charge in [0.25, 0.3) is 0 Å². The van der Waals surface area contributed by atoms with Gasteiger partial charge >= 0.3 is 339 Å². The van der Waals surface area contributed by atoms with Crippen molar-refractivity contribution in [3.05, 3.63) is 156 Å². The van der Waals surface area contributed by atoms with Gasteiger partial charge < -0.3 is 0 Å². The second kappa shape index (κ2) is 17.3. The van der Waals surface area contributed by atoms with Crippen molar-refractivity contribution in [2.45, 2.75) is 71.6 Å². The molecule has 2 aliphatic carbocycles. The monoisotopic (exact) mass is 854 g/mol. The molecule has 6 nitrogen and oxygen atoms in total. The number of unbranched alkanes of at least 4 members (excludes halogenated alkanes) is 2. The van der Waals surface area contributed by atoms with E-state index in [1.165, 1.54) is 24.3 Å². The van der Waals surface area contributed by atoms with Crippen LogP contribution in [0.2, 0.25) is 8.45 Å². The topological polar surface area (TPSA) is 74.8 Å². The molecular formula is C44H46F4N2O4S2Ti. The third kappa shape index (κ3) is 7.86. The Hall–Kier alpha value is -4.23. The molecular weight excluding hydrogens is 808 g/mol. The fourth-order valence-electron chi connectivity index (χ4n) is 7.73. The van der Waals surface area contributed by atoms with Crippen LogP contribution in [-0.4, -0.2) is 29.9 Å². The average Bonchev–Trinajstić information content (AvgIpc) is 3.93. The van der Waals surface area contributed by atoms with E-state index in [0.29, 0.717) is 25.7 Å². The summed E-state index contributed by atoms with van der Waals surface area (Å²) < 4.78 is 126. The minimum absolute atomic E-state index is 0.0997. The Morgan fingerprint density at radius 2 is 0.860 bits per heavy atom. The Labute approximate surface area is 337 Å². The summed E-state index contributed by atoms with van der Waals surface area (Å²) in [7, 11) is -8.84. The molecule has 0 radical (unpaired) electrons. The first-order chi connectivity index (χ1) is 27.2. The van der Waals surface area contributed by atoms with Crippen molar-refractivity contribution >= 4 is 39.2 Å². The van der Waals surface area contributed by atoms with Gasteiger partial charge in [-0.1, -0.05) is 0 Å². The third-order valence-corrected chi connectivity index (χ3v) is 22.9. The second-order valence-electron chi connectivity index (χ2n) is 14.5. The van der Waals surface area contributed by atoms with E-state index in [0.717, 1.165) is 44.0 Å². The van der Waals surface area contributed by atoms with Crippen LogP contribution in [0.5, 0.6) is 0 Å². The van der Waals surface area contributed by atoms with Gasteiger partial charge in [0.2, 0.25) is 0 Å². The van der Waals surface area contributed by atoms with Gasteiger partial charge in [-0.05, 0) is 0 Å². The van der Waals surface area contributed by atoms with E-state index >= 15 is 17.6 Å². The number of allylic oxidation sites excluding steroid dienone is 8. The Bertz CT molecular complexity index is 2270. The Kier molecular flexibility index (Phi) is 12.9. The molecule has 0 aliphatic heterocycles. The predicted octanol–water partition coefficient (Wildman–Crippen LogP) is 9.78. The number of sulfonamides is 2. The van der Waals surface area contributed by atoms with Crippen molar-refractivity contribution in [1.82, 2.24) is 0 Å². The van der Waals surface area contributed by atoms with Crippen LogP contribution in [0.1, 0.15) is 50.7 Å². The molecule has 6 rings (SSSR count). The summed E-state index contributed by atoms with van der Waals surface area (Å²) in [4.78, 5) is -0.199. The molecule has 0 amide bonds. The number of halogens is 4. The van der Waals surface area contributed by atoms with E-state index in [1.807, 2.05) is 13.8 Å². The molecule has 0 bridgehead atoms. The molecule has 4 aromatic rings. The van der Waals surface area contributed by atoms with Crippen molar-refractivity contribution < 1.29 is 51.0 Å². The number of hydrogen-bond acceptors (Lipinski definition) is 4. The molecule has 4 aromatic carbocycles. The van der Waals surface area contributed by atoms with Gasteiger partial charge in [0, 0.05) is 0 Å². The van der Waals surface area contributed by atoms with Gasteiger partial charge in [-0.3, -0.25) is 0 Å². The fourth-order valence-corrected chi connectivity index (χ4v) is 19.5. The van der Waals surface area contributed by atoms with Gasteiger partial charge in [-0.15, -0.1) is 0 Å². The summed E-state index contributed by atoms with van der Waals surface area (Å²) in [6, 6.07) is 16.2. The maximum absolute atomic E-state index is 18.0. The van der Waals surface area contributed by atoms with Gasteiger partial charge in [-0.25, -0.2) is 0 Å². The van der Waals surface area contributed by atoms with E-state index < -0.39 is 87.5 Å². The summed E-state index contributed by atoms with van der Waals surface area (Å²) in [6.07, 6.45) is 15.0. The van der Waals surface area contributed by atoms with Crippen LogP contribution >= 0.6 is 0 Å². The molecule has 0 heterocycles. The number of hydrogen-bond donors (Lipinski definition) is 0. The van der Waals surface area contributed by atoms with Crippen LogP contribution in [0.3, 0.4) is 0 Å². The van der Waals surface area contributed by atoms with Crippen LogP contribution < -0.4 is 16.3 Å². The van der Waals surface area contributed by atoms with E-state index in [9.17, 15) is 16.8 Å². The quantitative estimate of drug-likeness (QED) is 0.0832. The maximum atomic E-state index is 18.0. The molecule has 0 saturated heterocycles. The number of aryl methyl sites for hydroxylation is 2. The molecule has 0 fully saturated rings. The van der Waals surface area contributed by atoms with E-state index in [1.54, 1.807) is 86.7 Å². The molecule has 0 unspecified atom stereocenters. The zero-order valence-corrected chi connectivity index (χ0v) is 35.5. The molecule has 0 N–H and O–H groups in total. The fraction of sp³-hybridized carbons (Fsp3) is 0.273. The van der Waals surface area contributed by atoms with Crippen molar-refractivity contribution in [2.75, 3.05) is 21.7 Å².